The van der Waals surface area contributed by atoms with E-state index < -0.39 is 5.60 Å². The molecule has 1 amide bonds. The number of benzene rings is 2. The number of rotatable bonds is 6. The molecule has 0 aromatic heterocycles. The summed E-state index contributed by atoms with van der Waals surface area (Å²) in [5.41, 5.74) is 1.35. The van der Waals surface area contributed by atoms with Crippen LogP contribution in [0.4, 0.5) is 0 Å². The largest absolute Gasteiger partial charge is 0.504 e. The molecule has 2 aliphatic rings. The van der Waals surface area contributed by atoms with Crippen molar-refractivity contribution in [1.82, 2.24) is 4.90 Å². The molecule has 1 saturated heterocycles. The molecule has 0 radical (unpaired) electrons. The summed E-state index contributed by atoms with van der Waals surface area (Å²) in [7, 11) is 0. The lowest BCUT2D eigenvalue weighted by molar-refractivity contribution is -0.155. The number of aliphatic hydroxyl groups is 1. The maximum absolute atomic E-state index is 13.4. The molecule has 2 aromatic carbocycles. The first-order valence-corrected chi connectivity index (χ1v) is 11.5. The van der Waals surface area contributed by atoms with E-state index in [2.05, 4.69) is 12.1 Å². The van der Waals surface area contributed by atoms with Gasteiger partial charge in [-0.1, -0.05) is 49.2 Å². The number of piperidine rings is 1. The number of aryl methyl sites for hydroxylation is 1. The standard InChI is InChI=1S/C26H33NO4/c1-2-31-23-18-20(12-13-22(23)28)25-21-10-6-7-15-26(21,30)16-17-27(25)24(29)14-11-19-8-4-3-5-9-19/h3-5,8-9,12-13,18,21,25,28,30H,2,6-7,10-11,14-17H2,1H3/t21-,25+,26+/m0/s1. The Hall–Kier alpha value is -2.53. The SMILES string of the molecule is CCOc1cc([C@@H]2[C@@H]3CCCC[C@@]3(O)CCN2C(=O)CCc2ccccc2)ccc1O. The summed E-state index contributed by atoms with van der Waals surface area (Å²) in [6.07, 6.45) is 5.56. The molecule has 166 valence electrons. The molecule has 4 rings (SSSR count). The summed E-state index contributed by atoms with van der Waals surface area (Å²) in [4.78, 5) is 15.3. The van der Waals surface area contributed by atoms with Crippen molar-refractivity contribution in [2.45, 2.75) is 63.5 Å². The molecule has 1 aliphatic heterocycles. The lowest BCUT2D eigenvalue weighted by atomic mass is 9.66. The van der Waals surface area contributed by atoms with Gasteiger partial charge in [-0.05, 0) is 55.9 Å². The van der Waals surface area contributed by atoms with Crippen molar-refractivity contribution < 1.29 is 19.7 Å². The van der Waals surface area contributed by atoms with Crippen LogP contribution in [-0.2, 0) is 11.2 Å². The third-order valence-corrected chi connectivity index (χ3v) is 6.98. The van der Waals surface area contributed by atoms with Crippen molar-refractivity contribution in [2.24, 2.45) is 5.92 Å². The summed E-state index contributed by atoms with van der Waals surface area (Å²) in [5.74, 6) is 0.645. The minimum absolute atomic E-state index is 0.00491. The van der Waals surface area contributed by atoms with Crippen LogP contribution in [0, 0.1) is 5.92 Å². The van der Waals surface area contributed by atoms with Gasteiger partial charge >= 0.3 is 0 Å². The van der Waals surface area contributed by atoms with E-state index in [-0.39, 0.29) is 23.6 Å². The van der Waals surface area contributed by atoms with Crippen molar-refractivity contribution in [3.05, 3.63) is 59.7 Å². The number of carbonyl (C=O) groups is 1. The fourth-order valence-electron chi connectivity index (χ4n) is 5.40. The lowest BCUT2D eigenvalue weighted by Crippen LogP contribution is -2.56. The molecule has 1 saturated carbocycles. The van der Waals surface area contributed by atoms with Crippen LogP contribution < -0.4 is 4.74 Å². The zero-order valence-electron chi connectivity index (χ0n) is 18.3. The predicted molar refractivity (Wildman–Crippen MR) is 120 cm³/mol. The van der Waals surface area contributed by atoms with Crippen LogP contribution in [0.3, 0.4) is 0 Å². The quantitative estimate of drug-likeness (QED) is 0.711. The van der Waals surface area contributed by atoms with Gasteiger partial charge in [0.15, 0.2) is 11.5 Å². The minimum Gasteiger partial charge on any atom is -0.504 e. The van der Waals surface area contributed by atoms with E-state index in [4.69, 9.17) is 4.74 Å². The summed E-state index contributed by atoms with van der Waals surface area (Å²) in [5, 5.41) is 21.6. The van der Waals surface area contributed by atoms with Gasteiger partial charge in [0.2, 0.25) is 5.91 Å². The van der Waals surface area contributed by atoms with Gasteiger partial charge < -0.3 is 19.8 Å². The molecule has 1 aliphatic carbocycles. The molecule has 2 aromatic rings. The number of amides is 1. The van der Waals surface area contributed by atoms with Crippen LogP contribution in [-0.4, -0.2) is 39.8 Å². The molecule has 31 heavy (non-hydrogen) atoms. The van der Waals surface area contributed by atoms with Crippen LogP contribution in [0.2, 0.25) is 0 Å². The Morgan fingerprint density at radius 3 is 2.74 bits per heavy atom. The molecule has 0 unspecified atom stereocenters. The zero-order chi connectivity index (χ0) is 21.8. The normalized spacial score (nSPS) is 25.7. The average molecular weight is 424 g/mol. The van der Waals surface area contributed by atoms with Crippen molar-refractivity contribution in [3.63, 3.8) is 0 Å². The zero-order valence-corrected chi connectivity index (χ0v) is 18.3. The Kier molecular flexibility index (Phi) is 6.51. The van der Waals surface area contributed by atoms with E-state index in [9.17, 15) is 15.0 Å². The minimum atomic E-state index is -0.733. The first kappa shape index (κ1) is 21.7. The number of ether oxygens (including phenoxy) is 1. The maximum atomic E-state index is 13.4. The average Bonchev–Trinajstić information content (AvgIpc) is 2.79. The van der Waals surface area contributed by atoms with E-state index in [0.717, 1.165) is 36.8 Å². The monoisotopic (exact) mass is 423 g/mol. The molecular weight excluding hydrogens is 390 g/mol. The molecule has 1 heterocycles. The van der Waals surface area contributed by atoms with Crippen molar-refractivity contribution in [2.75, 3.05) is 13.2 Å². The van der Waals surface area contributed by atoms with E-state index in [1.807, 2.05) is 42.2 Å². The molecule has 0 spiro atoms. The van der Waals surface area contributed by atoms with E-state index in [0.29, 0.717) is 38.2 Å². The van der Waals surface area contributed by atoms with Crippen LogP contribution in [0.1, 0.15) is 62.6 Å². The molecule has 0 bridgehead atoms. The number of nitrogens with zero attached hydrogens (tertiary/aromatic N) is 1. The van der Waals surface area contributed by atoms with Crippen molar-refractivity contribution in [3.8, 4) is 11.5 Å². The van der Waals surface area contributed by atoms with E-state index >= 15 is 0 Å². The highest BCUT2D eigenvalue weighted by molar-refractivity contribution is 5.77. The van der Waals surface area contributed by atoms with Crippen LogP contribution in [0.25, 0.3) is 0 Å². The molecule has 5 heteroatoms. The van der Waals surface area contributed by atoms with Gasteiger partial charge in [0.05, 0.1) is 18.2 Å². The van der Waals surface area contributed by atoms with Crippen molar-refractivity contribution >= 4 is 5.91 Å². The number of fused-ring (bicyclic) bond motifs is 1. The van der Waals surface area contributed by atoms with Gasteiger partial charge in [-0.15, -0.1) is 0 Å². The van der Waals surface area contributed by atoms with Crippen LogP contribution in [0.15, 0.2) is 48.5 Å². The second kappa shape index (κ2) is 9.31. The molecule has 2 fully saturated rings. The second-order valence-corrected chi connectivity index (χ2v) is 8.88. The number of carbonyl (C=O) groups excluding carboxylic acids is 1. The van der Waals surface area contributed by atoms with Gasteiger partial charge in [0, 0.05) is 18.9 Å². The summed E-state index contributed by atoms with van der Waals surface area (Å²) in [6.45, 7) is 2.89. The lowest BCUT2D eigenvalue weighted by Gasteiger charge is -2.52. The Labute approximate surface area is 184 Å². The smallest absolute Gasteiger partial charge is 0.223 e. The number of phenolic OH excluding ortho intramolecular Hbond substituents is 1. The molecule has 5 nitrogen and oxygen atoms in total. The van der Waals surface area contributed by atoms with Gasteiger partial charge in [-0.3, -0.25) is 4.79 Å². The number of likely N-dealkylation sites (tertiary alicyclic amines) is 1. The van der Waals surface area contributed by atoms with Gasteiger partial charge in [-0.25, -0.2) is 0 Å². The van der Waals surface area contributed by atoms with E-state index in [1.165, 1.54) is 0 Å². The summed E-state index contributed by atoms with van der Waals surface area (Å²) in [6, 6.07) is 15.2. The Morgan fingerprint density at radius 1 is 1.16 bits per heavy atom. The second-order valence-electron chi connectivity index (χ2n) is 8.88. The van der Waals surface area contributed by atoms with Crippen LogP contribution in [0.5, 0.6) is 11.5 Å². The molecular formula is C26H33NO4. The number of phenols is 1. The first-order valence-electron chi connectivity index (χ1n) is 11.5. The topological polar surface area (TPSA) is 70.0 Å². The molecule has 2 N–H and O–H groups in total. The number of aromatic hydroxyl groups is 1. The summed E-state index contributed by atoms with van der Waals surface area (Å²) >= 11 is 0. The fraction of sp³-hybridized carbons (Fsp3) is 0.500. The van der Waals surface area contributed by atoms with Crippen molar-refractivity contribution in [1.29, 1.82) is 0 Å². The van der Waals surface area contributed by atoms with Gasteiger partial charge in [0.1, 0.15) is 0 Å². The third-order valence-electron chi connectivity index (χ3n) is 6.98. The predicted octanol–water partition coefficient (Wildman–Crippen LogP) is 4.62. The number of hydrogen-bond donors (Lipinski definition) is 2. The first-order chi connectivity index (χ1) is 15.0. The molecule has 3 atom stereocenters. The Balaban J connectivity index is 1.63. The highest BCUT2D eigenvalue weighted by atomic mass is 16.5. The van der Waals surface area contributed by atoms with Gasteiger partial charge in [0.25, 0.3) is 0 Å². The van der Waals surface area contributed by atoms with E-state index in [1.54, 1.807) is 6.07 Å². The van der Waals surface area contributed by atoms with Gasteiger partial charge in [-0.2, -0.15) is 0 Å². The Morgan fingerprint density at radius 2 is 1.97 bits per heavy atom. The third kappa shape index (κ3) is 4.57. The number of hydrogen-bond acceptors (Lipinski definition) is 4. The highest BCUT2D eigenvalue weighted by Gasteiger charge is 2.50. The highest BCUT2D eigenvalue weighted by Crippen LogP contribution is 2.50. The maximum Gasteiger partial charge on any atom is 0.223 e. The van der Waals surface area contributed by atoms with Crippen LogP contribution >= 0.6 is 0 Å². The summed E-state index contributed by atoms with van der Waals surface area (Å²) < 4.78 is 5.61. The Bertz CT molecular complexity index is 900. The fourth-order valence-corrected chi connectivity index (χ4v) is 5.40.